The number of hydrogen-bond acceptors (Lipinski definition) is 5. The maximum atomic E-state index is 12.1. The molecule has 1 fully saturated rings. The molecule has 2 heterocycles. The Morgan fingerprint density at radius 1 is 1.03 bits per heavy atom. The Morgan fingerprint density at radius 3 is 2.62 bits per heavy atom. The van der Waals surface area contributed by atoms with Crippen molar-refractivity contribution in [2.75, 3.05) is 50.1 Å². The van der Waals surface area contributed by atoms with E-state index < -0.39 is 0 Å². The molecule has 0 aliphatic carbocycles. The number of rotatable bonds is 6. The zero-order valence-corrected chi connectivity index (χ0v) is 17.6. The number of amides is 1. The summed E-state index contributed by atoms with van der Waals surface area (Å²) in [5, 5.41) is 2.96. The Hall–Kier alpha value is -2.44. The lowest BCUT2D eigenvalue weighted by Crippen LogP contribution is -2.46. The number of allylic oxidation sites excluding steroid dienone is 1. The van der Waals surface area contributed by atoms with Crippen LogP contribution in [-0.2, 0) is 4.79 Å². The molecule has 2 aromatic carbocycles. The van der Waals surface area contributed by atoms with Crippen molar-refractivity contribution in [3.8, 4) is 5.75 Å². The van der Waals surface area contributed by atoms with Crippen LogP contribution in [0.15, 0.2) is 64.4 Å². The first-order valence-electron chi connectivity index (χ1n) is 10.1. The second-order valence-electron chi connectivity index (χ2n) is 7.30. The molecule has 0 aromatic heterocycles. The van der Waals surface area contributed by atoms with E-state index in [1.807, 2.05) is 30.3 Å². The van der Waals surface area contributed by atoms with E-state index >= 15 is 0 Å². The number of nitrogens with one attached hydrogen (secondary N) is 1. The summed E-state index contributed by atoms with van der Waals surface area (Å²) in [6, 6.07) is 16.2. The fourth-order valence-electron chi connectivity index (χ4n) is 3.85. The number of carbonyl (C=O) groups excluding carboxylic acids is 1. The highest BCUT2D eigenvalue weighted by atomic mass is 32.2. The van der Waals surface area contributed by atoms with Crippen LogP contribution in [-0.4, -0.2) is 50.6 Å². The summed E-state index contributed by atoms with van der Waals surface area (Å²) in [4.78, 5) is 19.3. The van der Waals surface area contributed by atoms with Crippen LogP contribution in [0.2, 0.25) is 0 Å². The normalized spacial score (nSPS) is 17.2. The molecule has 6 heteroatoms. The van der Waals surface area contributed by atoms with Gasteiger partial charge in [0.05, 0.1) is 18.5 Å². The van der Waals surface area contributed by atoms with Crippen molar-refractivity contribution in [2.24, 2.45) is 0 Å². The first-order chi connectivity index (χ1) is 14.2. The van der Waals surface area contributed by atoms with Crippen LogP contribution in [0, 0.1) is 0 Å². The highest BCUT2D eigenvalue weighted by Crippen LogP contribution is 2.37. The van der Waals surface area contributed by atoms with Crippen LogP contribution in [0.5, 0.6) is 5.75 Å². The molecule has 5 nitrogen and oxygen atoms in total. The van der Waals surface area contributed by atoms with Gasteiger partial charge in [-0.1, -0.05) is 36.0 Å². The van der Waals surface area contributed by atoms with Crippen LogP contribution in [0.4, 0.5) is 11.4 Å². The SMILES string of the molecule is COc1ccccc1N1CCN(CCCC2=CC(=O)Nc3ccccc3S2)CC1. The van der Waals surface area contributed by atoms with E-state index in [0.717, 1.165) is 66.8 Å². The molecule has 0 spiro atoms. The van der Waals surface area contributed by atoms with E-state index in [9.17, 15) is 4.79 Å². The predicted octanol–water partition coefficient (Wildman–Crippen LogP) is 4.23. The minimum Gasteiger partial charge on any atom is -0.495 e. The molecule has 29 heavy (non-hydrogen) atoms. The van der Waals surface area contributed by atoms with Gasteiger partial charge in [0.25, 0.3) is 0 Å². The maximum absolute atomic E-state index is 12.1. The number of para-hydroxylation sites is 3. The number of thioether (sulfide) groups is 1. The van der Waals surface area contributed by atoms with Gasteiger partial charge in [-0.05, 0) is 48.6 Å². The maximum Gasteiger partial charge on any atom is 0.249 e. The third-order valence-corrected chi connectivity index (χ3v) is 6.53. The van der Waals surface area contributed by atoms with Gasteiger partial charge < -0.3 is 15.0 Å². The highest BCUT2D eigenvalue weighted by Gasteiger charge is 2.20. The van der Waals surface area contributed by atoms with E-state index in [4.69, 9.17) is 4.74 Å². The molecule has 152 valence electrons. The van der Waals surface area contributed by atoms with Gasteiger partial charge in [0, 0.05) is 37.2 Å². The quantitative estimate of drug-likeness (QED) is 0.774. The molecule has 4 rings (SSSR count). The number of anilines is 2. The van der Waals surface area contributed by atoms with Crippen molar-refractivity contribution in [1.29, 1.82) is 0 Å². The molecule has 0 unspecified atom stereocenters. The van der Waals surface area contributed by atoms with Gasteiger partial charge in [-0.15, -0.1) is 0 Å². The summed E-state index contributed by atoms with van der Waals surface area (Å²) in [6.45, 7) is 5.17. The summed E-state index contributed by atoms with van der Waals surface area (Å²) < 4.78 is 5.50. The molecule has 0 bridgehead atoms. The number of piperazine rings is 1. The minimum absolute atomic E-state index is 0.0251. The van der Waals surface area contributed by atoms with Crippen molar-refractivity contribution >= 4 is 29.0 Å². The fourth-order valence-corrected chi connectivity index (χ4v) is 4.92. The summed E-state index contributed by atoms with van der Waals surface area (Å²) in [6.07, 6.45) is 3.74. The lowest BCUT2D eigenvalue weighted by atomic mass is 10.2. The number of benzene rings is 2. The van der Waals surface area contributed by atoms with Crippen molar-refractivity contribution < 1.29 is 9.53 Å². The number of nitrogens with zero attached hydrogens (tertiary/aromatic N) is 2. The summed E-state index contributed by atoms with van der Waals surface area (Å²) in [5.74, 6) is 0.916. The average Bonchev–Trinajstić information content (AvgIpc) is 2.91. The number of carbonyl (C=O) groups is 1. The van der Waals surface area contributed by atoms with Gasteiger partial charge in [0.1, 0.15) is 5.75 Å². The van der Waals surface area contributed by atoms with Gasteiger partial charge in [0.2, 0.25) is 5.91 Å². The molecule has 0 atom stereocenters. The second-order valence-corrected chi connectivity index (χ2v) is 8.47. The predicted molar refractivity (Wildman–Crippen MR) is 120 cm³/mol. The Kier molecular flexibility index (Phi) is 6.42. The molecule has 2 aliphatic rings. The fraction of sp³-hybridized carbons (Fsp3) is 0.348. The molecular formula is C23H27N3O2S. The standard InChI is InChI=1S/C23H27N3O2S/c1-28-21-10-4-3-9-20(21)26-15-13-25(14-16-26)12-6-7-18-17-23(27)24-19-8-2-5-11-22(19)29-18/h2-5,8-11,17H,6-7,12-16H2,1H3,(H,24,27). The number of methoxy groups -OCH3 is 1. The van der Waals surface area contributed by atoms with E-state index in [2.05, 4.69) is 33.3 Å². The van der Waals surface area contributed by atoms with E-state index in [-0.39, 0.29) is 5.91 Å². The lowest BCUT2D eigenvalue weighted by Gasteiger charge is -2.36. The minimum atomic E-state index is -0.0251. The summed E-state index contributed by atoms with van der Waals surface area (Å²) in [5.41, 5.74) is 2.08. The second kappa shape index (κ2) is 9.37. The summed E-state index contributed by atoms with van der Waals surface area (Å²) >= 11 is 1.71. The zero-order chi connectivity index (χ0) is 20.1. The highest BCUT2D eigenvalue weighted by molar-refractivity contribution is 8.03. The molecule has 2 aromatic rings. The Morgan fingerprint density at radius 2 is 1.79 bits per heavy atom. The first-order valence-corrected chi connectivity index (χ1v) is 10.9. The average molecular weight is 410 g/mol. The molecule has 1 N–H and O–H groups in total. The molecule has 0 saturated carbocycles. The molecule has 2 aliphatic heterocycles. The first kappa shape index (κ1) is 19.9. The van der Waals surface area contributed by atoms with Crippen molar-refractivity contribution in [3.05, 3.63) is 59.5 Å². The lowest BCUT2D eigenvalue weighted by molar-refractivity contribution is -0.111. The van der Waals surface area contributed by atoms with Gasteiger partial charge in [-0.2, -0.15) is 0 Å². The largest absolute Gasteiger partial charge is 0.495 e. The molecule has 1 saturated heterocycles. The van der Waals surface area contributed by atoms with Crippen molar-refractivity contribution in [3.63, 3.8) is 0 Å². The molecule has 0 radical (unpaired) electrons. The molecular weight excluding hydrogens is 382 g/mol. The monoisotopic (exact) mass is 409 g/mol. The van der Waals surface area contributed by atoms with Crippen LogP contribution < -0.4 is 15.0 Å². The zero-order valence-electron chi connectivity index (χ0n) is 16.8. The van der Waals surface area contributed by atoms with Crippen LogP contribution in [0.1, 0.15) is 12.8 Å². The third kappa shape index (κ3) is 4.95. The Bertz CT molecular complexity index is 891. The van der Waals surface area contributed by atoms with Crippen LogP contribution >= 0.6 is 11.8 Å². The van der Waals surface area contributed by atoms with Gasteiger partial charge in [-0.3, -0.25) is 9.69 Å². The van der Waals surface area contributed by atoms with Crippen LogP contribution in [0.25, 0.3) is 0 Å². The summed E-state index contributed by atoms with van der Waals surface area (Å²) in [7, 11) is 1.73. The van der Waals surface area contributed by atoms with Crippen molar-refractivity contribution in [1.82, 2.24) is 4.90 Å². The number of hydrogen-bond donors (Lipinski definition) is 1. The molecule has 1 amide bonds. The van der Waals surface area contributed by atoms with Gasteiger partial charge in [-0.25, -0.2) is 0 Å². The number of fused-ring (bicyclic) bond motifs is 1. The topological polar surface area (TPSA) is 44.8 Å². The van der Waals surface area contributed by atoms with E-state index in [1.54, 1.807) is 24.9 Å². The Balaban J connectivity index is 1.26. The van der Waals surface area contributed by atoms with Crippen LogP contribution in [0.3, 0.4) is 0 Å². The smallest absolute Gasteiger partial charge is 0.249 e. The van der Waals surface area contributed by atoms with Gasteiger partial charge in [0.15, 0.2) is 0 Å². The van der Waals surface area contributed by atoms with E-state index in [1.165, 1.54) is 5.69 Å². The van der Waals surface area contributed by atoms with E-state index in [0.29, 0.717) is 0 Å². The van der Waals surface area contributed by atoms with Crippen molar-refractivity contribution in [2.45, 2.75) is 17.7 Å². The number of ether oxygens (including phenoxy) is 1. The van der Waals surface area contributed by atoms with Gasteiger partial charge >= 0.3 is 0 Å². The third-order valence-electron chi connectivity index (χ3n) is 5.37. The Labute approximate surface area is 176 Å².